The molecular formula is C16H30N2S. The van der Waals surface area contributed by atoms with Crippen molar-refractivity contribution in [2.24, 2.45) is 5.41 Å². The maximum atomic E-state index is 3.58. The molecule has 1 rings (SSSR count). The van der Waals surface area contributed by atoms with Crippen LogP contribution in [0.4, 0.5) is 0 Å². The summed E-state index contributed by atoms with van der Waals surface area (Å²) in [5, 5.41) is 5.74. The Morgan fingerprint density at radius 3 is 2.74 bits per heavy atom. The molecule has 0 fully saturated rings. The highest BCUT2D eigenvalue weighted by Crippen LogP contribution is 2.21. The fourth-order valence-corrected chi connectivity index (χ4v) is 3.04. The lowest BCUT2D eigenvalue weighted by molar-refractivity contribution is 0.182. The molecule has 0 aliphatic carbocycles. The van der Waals surface area contributed by atoms with Crippen molar-refractivity contribution >= 4 is 11.3 Å². The van der Waals surface area contributed by atoms with Gasteiger partial charge in [-0.05, 0) is 49.7 Å². The molecule has 0 saturated heterocycles. The van der Waals surface area contributed by atoms with Crippen molar-refractivity contribution in [2.75, 3.05) is 33.2 Å². The third-order valence-electron chi connectivity index (χ3n) is 3.80. The lowest BCUT2D eigenvalue weighted by Gasteiger charge is -2.33. The van der Waals surface area contributed by atoms with Gasteiger partial charge in [-0.25, -0.2) is 0 Å². The van der Waals surface area contributed by atoms with Crippen LogP contribution in [-0.4, -0.2) is 38.1 Å². The number of thiophene rings is 1. The molecule has 0 aliphatic rings. The van der Waals surface area contributed by atoms with Crippen molar-refractivity contribution in [3.05, 3.63) is 22.4 Å². The van der Waals surface area contributed by atoms with Crippen molar-refractivity contribution in [3.8, 4) is 0 Å². The monoisotopic (exact) mass is 282 g/mol. The first-order chi connectivity index (χ1) is 9.09. The highest BCUT2D eigenvalue weighted by Gasteiger charge is 2.23. The Hall–Kier alpha value is -0.380. The van der Waals surface area contributed by atoms with Crippen LogP contribution in [-0.2, 0) is 6.42 Å². The molecule has 19 heavy (non-hydrogen) atoms. The second-order valence-electron chi connectivity index (χ2n) is 5.91. The number of hydrogen-bond acceptors (Lipinski definition) is 3. The average Bonchev–Trinajstić information content (AvgIpc) is 2.90. The lowest BCUT2D eigenvalue weighted by Crippen LogP contribution is -2.41. The van der Waals surface area contributed by atoms with E-state index in [1.807, 2.05) is 11.3 Å². The van der Waals surface area contributed by atoms with E-state index in [-0.39, 0.29) is 0 Å². The van der Waals surface area contributed by atoms with Crippen LogP contribution in [0, 0.1) is 5.41 Å². The second-order valence-corrected chi connectivity index (χ2v) is 6.94. The highest BCUT2D eigenvalue weighted by atomic mass is 32.1. The van der Waals surface area contributed by atoms with Gasteiger partial charge in [-0.3, -0.25) is 0 Å². The van der Waals surface area contributed by atoms with Gasteiger partial charge in [-0.15, -0.1) is 11.3 Å². The Bertz CT molecular complexity index is 323. The second kappa shape index (κ2) is 8.72. The molecule has 0 amide bonds. The van der Waals surface area contributed by atoms with E-state index in [2.05, 4.69) is 55.5 Å². The molecule has 3 heteroatoms. The van der Waals surface area contributed by atoms with Crippen LogP contribution in [0.5, 0.6) is 0 Å². The first-order valence-electron chi connectivity index (χ1n) is 7.51. The van der Waals surface area contributed by atoms with E-state index in [1.54, 1.807) is 0 Å². The van der Waals surface area contributed by atoms with Gasteiger partial charge in [0.15, 0.2) is 0 Å². The first kappa shape index (κ1) is 16.7. The zero-order valence-corrected chi connectivity index (χ0v) is 13.9. The molecule has 1 unspecified atom stereocenters. The molecule has 1 aromatic rings. The van der Waals surface area contributed by atoms with Gasteiger partial charge in [0.2, 0.25) is 0 Å². The van der Waals surface area contributed by atoms with E-state index in [1.165, 1.54) is 30.7 Å². The van der Waals surface area contributed by atoms with Crippen LogP contribution in [0.3, 0.4) is 0 Å². The lowest BCUT2D eigenvalue weighted by atomic mass is 9.86. The number of likely N-dealkylation sites (N-methyl/N-ethyl adjacent to an activating group) is 1. The molecule has 1 aromatic heterocycles. The summed E-state index contributed by atoms with van der Waals surface area (Å²) in [6.45, 7) is 11.5. The summed E-state index contributed by atoms with van der Waals surface area (Å²) in [5.74, 6) is 0. The van der Waals surface area contributed by atoms with Gasteiger partial charge in [0.25, 0.3) is 0 Å². The number of rotatable bonds is 10. The SMILES string of the molecule is CCCNCC(C)(CC)CN(C)CCc1cccs1. The van der Waals surface area contributed by atoms with Gasteiger partial charge < -0.3 is 10.2 Å². The van der Waals surface area contributed by atoms with E-state index in [0.717, 1.165) is 19.6 Å². The van der Waals surface area contributed by atoms with Crippen molar-refractivity contribution < 1.29 is 0 Å². The predicted molar refractivity (Wildman–Crippen MR) is 87.1 cm³/mol. The summed E-state index contributed by atoms with van der Waals surface area (Å²) in [7, 11) is 2.25. The van der Waals surface area contributed by atoms with Crippen LogP contribution in [0.2, 0.25) is 0 Å². The van der Waals surface area contributed by atoms with E-state index >= 15 is 0 Å². The van der Waals surface area contributed by atoms with Gasteiger partial charge in [0.1, 0.15) is 0 Å². The van der Waals surface area contributed by atoms with Crippen LogP contribution >= 0.6 is 11.3 Å². The first-order valence-corrected chi connectivity index (χ1v) is 8.39. The minimum atomic E-state index is 0.388. The van der Waals surface area contributed by atoms with Crippen molar-refractivity contribution in [1.82, 2.24) is 10.2 Å². The minimum Gasteiger partial charge on any atom is -0.316 e. The number of nitrogens with zero attached hydrogens (tertiary/aromatic N) is 1. The van der Waals surface area contributed by atoms with Gasteiger partial charge in [0.05, 0.1) is 0 Å². The fraction of sp³-hybridized carbons (Fsp3) is 0.750. The standard InChI is InChI=1S/C16H30N2S/c1-5-10-17-13-16(3,6-2)14-18(4)11-9-15-8-7-12-19-15/h7-8,12,17H,5-6,9-11,13-14H2,1-4H3. The van der Waals surface area contributed by atoms with Gasteiger partial charge in [-0.1, -0.05) is 26.8 Å². The summed E-state index contributed by atoms with van der Waals surface area (Å²) < 4.78 is 0. The van der Waals surface area contributed by atoms with E-state index in [9.17, 15) is 0 Å². The average molecular weight is 282 g/mol. The van der Waals surface area contributed by atoms with Crippen LogP contribution in [0.15, 0.2) is 17.5 Å². The zero-order chi connectivity index (χ0) is 14.1. The fourth-order valence-electron chi connectivity index (χ4n) is 2.35. The quantitative estimate of drug-likeness (QED) is 0.659. The summed E-state index contributed by atoms with van der Waals surface area (Å²) in [4.78, 5) is 3.98. The number of hydrogen-bond donors (Lipinski definition) is 1. The maximum Gasteiger partial charge on any atom is 0.00579 e. The third kappa shape index (κ3) is 6.55. The molecule has 110 valence electrons. The molecule has 0 saturated carbocycles. The molecule has 0 aliphatic heterocycles. The van der Waals surface area contributed by atoms with E-state index in [0.29, 0.717) is 5.41 Å². The molecule has 1 atom stereocenters. The molecule has 0 bridgehead atoms. The van der Waals surface area contributed by atoms with E-state index < -0.39 is 0 Å². The van der Waals surface area contributed by atoms with Crippen LogP contribution in [0.25, 0.3) is 0 Å². The summed E-state index contributed by atoms with van der Waals surface area (Å²) in [5.41, 5.74) is 0.388. The van der Waals surface area contributed by atoms with E-state index in [4.69, 9.17) is 0 Å². The third-order valence-corrected chi connectivity index (χ3v) is 4.74. The Kier molecular flexibility index (Phi) is 7.66. The Morgan fingerprint density at radius 1 is 1.37 bits per heavy atom. The highest BCUT2D eigenvalue weighted by molar-refractivity contribution is 7.09. The Balaban J connectivity index is 2.32. The van der Waals surface area contributed by atoms with Gasteiger partial charge in [-0.2, -0.15) is 0 Å². The van der Waals surface area contributed by atoms with Crippen molar-refractivity contribution in [2.45, 2.75) is 40.0 Å². The predicted octanol–water partition coefficient (Wildman–Crippen LogP) is 3.64. The Labute approximate surface area is 123 Å². The minimum absolute atomic E-state index is 0.388. The van der Waals surface area contributed by atoms with Gasteiger partial charge in [0, 0.05) is 24.5 Å². The Morgan fingerprint density at radius 2 is 2.16 bits per heavy atom. The topological polar surface area (TPSA) is 15.3 Å². The van der Waals surface area contributed by atoms with Crippen molar-refractivity contribution in [3.63, 3.8) is 0 Å². The molecule has 0 aromatic carbocycles. The molecule has 1 heterocycles. The molecule has 2 nitrogen and oxygen atoms in total. The summed E-state index contributed by atoms with van der Waals surface area (Å²) in [6.07, 6.45) is 3.62. The van der Waals surface area contributed by atoms with Crippen LogP contribution < -0.4 is 5.32 Å². The van der Waals surface area contributed by atoms with Crippen LogP contribution in [0.1, 0.15) is 38.5 Å². The molecule has 0 radical (unpaired) electrons. The van der Waals surface area contributed by atoms with Crippen molar-refractivity contribution in [1.29, 1.82) is 0 Å². The maximum absolute atomic E-state index is 3.58. The zero-order valence-electron chi connectivity index (χ0n) is 13.0. The summed E-state index contributed by atoms with van der Waals surface area (Å²) in [6, 6.07) is 4.38. The molecular weight excluding hydrogens is 252 g/mol. The molecule has 0 spiro atoms. The summed E-state index contributed by atoms with van der Waals surface area (Å²) >= 11 is 1.87. The largest absolute Gasteiger partial charge is 0.316 e. The van der Waals surface area contributed by atoms with Gasteiger partial charge >= 0.3 is 0 Å². The molecule has 1 N–H and O–H groups in total. The number of nitrogens with one attached hydrogen (secondary N) is 1. The normalized spacial score (nSPS) is 14.8. The smallest absolute Gasteiger partial charge is 0.00579 e.